The van der Waals surface area contributed by atoms with Crippen LogP contribution >= 0.6 is 0 Å². The number of aromatic nitrogens is 2. The highest BCUT2D eigenvalue weighted by Crippen LogP contribution is 2.22. The molecule has 0 N–H and O–H groups in total. The Morgan fingerprint density at radius 3 is 2.78 bits per heavy atom. The van der Waals surface area contributed by atoms with E-state index in [1.54, 1.807) is 16.9 Å². The summed E-state index contributed by atoms with van der Waals surface area (Å²) in [6.07, 6.45) is 5.93. The molecule has 1 aromatic carbocycles. The van der Waals surface area contributed by atoms with Gasteiger partial charge in [-0.25, -0.2) is 4.39 Å². The fourth-order valence-electron chi connectivity index (χ4n) is 3.20. The predicted molar refractivity (Wildman–Crippen MR) is 86.6 cm³/mol. The van der Waals surface area contributed by atoms with Crippen molar-refractivity contribution in [1.29, 1.82) is 0 Å². The van der Waals surface area contributed by atoms with Gasteiger partial charge in [0.2, 0.25) is 0 Å². The van der Waals surface area contributed by atoms with E-state index in [1.807, 2.05) is 24.1 Å². The Hall–Kier alpha value is -2.17. The van der Waals surface area contributed by atoms with Crippen LogP contribution in [0.5, 0.6) is 0 Å². The molecule has 1 aliphatic rings. The molecule has 1 amide bonds. The molecule has 0 saturated carbocycles. The molecular weight excluding hydrogens is 293 g/mol. The summed E-state index contributed by atoms with van der Waals surface area (Å²) in [5, 5.41) is 4.20. The summed E-state index contributed by atoms with van der Waals surface area (Å²) >= 11 is 0. The molecule has 3 rings (SSSR count). The van der Waals surface area contributed by atoms with E-state index < -0.39 is 0 Å². The summed E-state index contributed by atoms with van der Waals surface area (Å²) in [6.45, 7) is 1.60. The molecule has 1 unspecified atom stereocenters. The van der Waals surface area contributed by atoms with Crippen molar-refractivity contribution in [3.8, 4) is 0 Å². The number of piperidine rings is 1. The monoisotopic (exact) mass is 315 g/mol. The molecule has 0 aliphatic carbocycles. The largest absolute Gasteiger partial charge is 0.337 e. The summed E-state index contributed by atoms with van der Waals surface area (Å²) in [6, 6.07) is 8.47. The lowest BCUT2D eigenvalue weighted by molar-refractivity contribution is 0.0661. The van der Waals surface area contributed by atoms with Gasteiger partial charge in [0.1, 0.15) is 11.5 Å². The van der Waals surface area contributed by atoms with Gasteiger partial charge in [-0.05, 0) is 55.4 Å². The van der Waals surface area contributed by atoms with Crippen molar-refractivity contribution in [1.82, 2.24) is 14.7 Å². The minimum absolute atomic E-state index is 0.0251. The van der Waals surface area contributed by atoms with Crippen LogP contribution in [0.25, 0.3) is 0 Å². The highest BCUT2D eigenvalue weighted by molar-refractivity contribution is 5.92. The van der Waals surface area contributed by atoms with E-state index >= 15 is 0 Å². The lowest BCUT2D eigenvalue weighted by Crippen LogP contribution is -2.40. The van der Waals surface area contributed by atoms with Gasteiger partial charge in [-0.1, -0.05) is 12.1 Å². The number of hydrogen-bond acceptors (Lipinski definition) is 2. The van der Waals surface area contributed by atoms with Crippen LogP contribution in [-0.2, 0) is 13.5 Å². The zero-order valence-electron chi connectivity index (χ0n) is 13.4. The van der Waals surface area contributed by atoms with Crippen molar-refractivity contribution in [3.05, 3.63) is 53.6 Å². The summed E-state index contributed by atoms with van der Waals surface area (Å²) in [5.41, 5.74) is 1.67. The van der Waals surface area contributed by atoms with Crippen molar-refractivity contribution < 1.29 is 9.18 Å². The lowest BCUT2D eigenvalue weighted by Gasteiger charge is -2.32. The van der Waals surface area contributed by atoms with Gasteiger partial charge in [-0.3, -0.25) is 9.48 Å². The Balaban J connectivity index is 1.55. The number of rotatable bonds is 4. The van der Waals surface area contributed by atoms with Gasteiger partial charge < -0.3 is 4.90 Å². The summed E-state index contributed by atoms with van der Waals surface area (Å²) in [7, 11) is 1.82. The number of nitrogens with zero attached hydrogens (tertiary/aromatic N) is 3. The zero-order valence-corrected chi connectivity index (χ0v) is 13.4. The molecule has 1 aromatic heterocycles. The molecule has 1 aliphatic heterocycles. The van der Waals surface area contributed by atoms with Gasteiger partial charge in [-0.2, -0.15) is 5.10 Å². The first kappa shape index (κ1) is 15.7. The molecule has 0 bridgehead atoms. The maximum Gasteiger partial charge on any atom is 0.274 e. The van der Waals surface area contributed by atoms with Gasteiger partial charge in [0, 0.05) is 26.3 Å². The van der Waals surface area contributed by atoms with Crippen LogP contribution in [0.3, 0.4) is 0 Å². The van der Waals surface area contributed by atoms with Gasteiger partial charge in [0.15, 0.2) is 0 Å². The Morgan fingerprint density at radius 2 is 2.09 bits per heavy atom. The SMILES string of the molecule is Cn1ccc(C(=O)N2CCCC(CCc3ccc(F)cc3)C2)n1. The van der Waals surface area contributed by atoms with Crippen molar-refractivity contribution in [2.45, 2.75) is 25.7 Å². The summed E-state index contributed by atoms with van der Waals surface area (Å²) in [4.78, 5) is 14.4. The number of aryl methyl sites for hydroxylation is 2. The molecule has 2 aromatic rings. The average molecular weight is 315 g/mol. The standard InChI is InChI=1S/C18H22FN3O/c1-21-12-10-17(20-21)18(23)22-11-2-3-15(13-22)5-4-14-6-8-16(19)9-7-14/h6-10,12,15H,2-5,11,13H2,1H3. The summed E-state index contributed by atoms with van der Waals surface area (Å²) < 4.78 is 14.6. The van der Waals surface area contributed by atoms with Gasteiger partial charge in [-0.15, -0.1) is 0 Å². The van der Waals surface area contributed by atoms with E-state index in [4.69, 9.17) is 0 Å². The molecule has 1 saturated heterocycles. The van der Waals surface area contributed by atoms with E-state index in [9.17, 15) is 9.18 Å². The first-order valence-electron chi connectivity index (χ1n) is 8.15. The molecule has 1 fully saturated rings. The molecule has 5 heteroatoms. The Kier molecular flexibility index (Phi) is 4.74. The number of carbonyl (C=O) groups excluding carboxylic acids is 1. The topological polar surface area (TPSA) is 38.1 Å². The highest BCUT2D eigenvalue weighted by atomic mass is 19.1. The van der Waals surface area contributed by atoms with Gasteiger partial charge >= 0.3 is 0 Å². The second kappa shape index (κ2) is 6.94. The fourth-order valence-corrected chi connectivity index (χ4v) is 3.20. The Labute approximate surface area is 135 Å². The number of benzene rings is 1. The fraction of sp³-hybridized carbons (Fsp3) is 0.444. The number of hydrogen-bond donors (Lipinski definition) is 0. The predicted octanol–water partition coefficient (Wildman–Crippen LogP) is 3.04. The molecule has 23 heavy (non-hydrogen) atoms. The molecule has 0 radical (unpaired) electrons. The Morgan fingerprint density at radius 1 is 1.30 bits per heavy atom. The molecular formula is C18H22FN3O. The maximum atomic E-state index is 12.9. The molecule has 1 atom stereocenters. The third kappa shape index (κ3) is 3.97. The number of amides is 1. The molecule has 122 valence electrons. The van der Waals surface area contributed by atoms with Crippen LogP contribution in [0.4, 0.5) is 4.39 Å². The van der Waals surface area contributed by atoms with Crippen LogP contribution < -0.4 is 0 Å². The average Bonchev–Trinajstić information content (AvgIpc) is 3.00. The highest BCUT2D eigenvalue weighted by Gasteiger charge is 2.25. The van der Waals surface area contributed by atoms with Gasteiger partial charge in [0.25, 0.3) is 5.91 Å². The van der Waals surface area contributed by atoms with Crippen LogP contribution in [0, 0.1) is 11.7 Å². The van der Waals surface area contributed by atoms with Crippen molar-refractivity contribution in [3.63, 3.8) is 0 Å². The lowest BCUT2D eigenvalue weighted by atomic mass is 9.91. The van der Waals surface area contributed by atoms with Crippen molar-refractivity contribution >= 4 is 5.91 Å². The first-order chi connectivity index (χ1) is 11.1. The van der Waals surface area contributed by atoms with E-state index in [-0.39, 0.29) is 11.7 Å². The van der Waals surface area contributed by atoms with E-state index in [0.29, 0.717) is 11.6 Å². The van der Waals surface area contributed by atoms with Crippen LogP contribution in [0.2, 0.25) is 0 Å². The quantitative estimate of drug-likeness (QED) is 0.870. The zero-order chi connectivity index (χ0) is 16.2. The number of likely N-dealkylation sites (tertiary alicyclic amines) is 1. The normalized spacial score (nSPS) is 18.2. The summed E-state index contributed by atoms with van der Waals surface area (Å²) in [5.74, 6) is 0.331. The first-order valence-corrected chi connectivity index (χ1v) is 8.15. The molecule has 4 nitrogen and oxygen atoms in total. The third-order valence-corrected chi connectivity index (χ3v) is 4.49. The van der Waals surface area contributed by atoms with E-state index in [2.05, 4.69) is 5.10 Å². The molecule has 2 heterocycles. The van der Waals surface area contributed by atoms with Crippen molar-refractivity contribution in [2.24, 2.45) is 13.0 Å². The molecule has 0 spiro atoms. The Bertz CT molecular complexity index is 665. The number of halogens is 1. The minimum atomic E-state index is -0.196. The second-order valence-electron chi connectivity index (χ2n) is 6.30. The van der Waals surface area contributed by atoms with Crippen LogP contribution in [0.15, 0.2) is 36.5 Å². The van der Waals surface area contributed by atoms with Crippen LogP contribution in [-0.4, -0.2) is 33.7 Å². The smallest absolute Gasteiger partial charge is 0.274 e. The minimum Gasteiger partial charge on any atom is -0.337 e. The third-order valence-electron chi connectivity index (χ3n) is 4.49. The second-order valence-corrected chi connectivity index (χ2v) is 6.30. The number of carbonyl (C=O) groups is 1. The van der Waals surface area contributed by atoms with E-state index in [1.165, 1.54) is 12.1 Å². The maximum absolute atomic E-state index is 12.9. The van der Waals surface area contributed by atoms with E-state index in [0.717, 1.165) is 44.3 Å². The van der Waals surface area contributed by atoms with Crippen LogP contribution in [0.1, 0.15) is 35.3 Å². The van der Waals surface area contributed by atoms with Gasteiger partial charge in [0.05, 0.1) is 0 Å². The van der Waals surface area contributed by atoms with Crippen molar-refractivity contribution in [2.75, 3.05) is 13.1 Å².